The lowest BCUT2D eigenvalue weighted by atomic mass is 10.5. The van der Waals surface area contributed by atoms with Crippen molar-refractivity contribution < 1.29 is 23.1 Å². The molecule has 0 aliphatic carbocycles. The average molecular weight is 224 g/mol. The van der Waals surface area contributed by atoms with Gasteiger partial charge in [-0.15, -0.1) is 0 Å². The van der Waals surface area contributed by atoms with Crippen LogP contribution in [-0.4, -0.2) is 32.5 Å². The normalized spacial score (nSPS) is 19.9. The number of ether oxygens (including phenoxy) is 2. The van der Waals surface area contributed by atoms with Gasteiger partial charge in [0.25, 0.3) is 6.03 Å². The van der Waals surface area contributed by atoms with Crippen molar-refractivity contribution in [1.29, 1.82) is 0 Å². The quantitative estimate of drug-likeness (QED) is 0.668. The third kappa shape index (κ3) is 3.04. The van der Waals surface area contributed by atoms with Crippen LogP contribution in [0.1, 0.15) is 20.3 Å². The predicted octanol–water partition coefficient (Wildman–Crippen LogP) is 1.97. The van der Waals surface area contributed by atoms with Crippen molar-refractivity contribution in [2.45, 2.75) is 26.3 Å². The third-order valence-electron chi connectivity index (χ3n) is 1.69. The topological polar surface area (TPSA) is 54.0 Å². The highest BCUT2D eigenvalue weighted by atomic mass is 31.2. The van der Waals surface area contributed by atoms with Crippen molar-refractivity contribution in [2.24, 2.45) is 0 Å². The lowest BCUT2D eigenvalue weighted by Crippen LogP contribution is -2.26. The minimum atomic E-state index is -3.24. The van der Waals surface area contributed by atoms with Crippen molar-refractivity contribution >= 4 is 7.60 Å². The van der Waals surface area contributed by atoms with Crippen LogP contribution >= 0.6 is 7.60 Å². The zero-order valence-corrected chi connectivity index (χ0v) is 9.50. The Morgan fingerprint density at radius 3 is 2.14 bits per heavy atom. The Hall–Kier alpha value is 0.0700. The van der Waals surface area contributed by atoms with Crippen LogP contribution in [0, 0.1) is 0 Å². The van der Waals surface area contributed by atoms with E-state index in [9.17, 15) is 4.57 Å². The van der Waals surface area contributed by atoms with E-state index in [-0.39, 0.29) is 0 Å². The Labute approximate surface area is 84.2 Å². The van der Waals surface area contributed by atoms with Crippen LogP contribution in [0.25, 0.3) is 0 Å². The van der Waals surface area contributed by atoms with Gasteiger partial charge in [0.05, 0.1) is 26.4 Å². The highest BCUT2D eigenvalue weighted by molar-refractivity contribution is 7.54. The average Bonchev–Trinajstić information content (AvgIpc) is 2.20. The van der Waals surface area contributed by atoms with Gasteiger partial charge in [0, 0.05) is 0 Å². The van der Waals surface area contributed by atoms with Crippen LogP contribution in [0.5, 0.6) is 0 Å². The van der Waals surface area contributed by atoms with E-state index in [1.807, 2.05) is 0 Å². The molecule has 84 valence electrons. The third-order valence-corrected chi connectivity index (χ3v) is 3.74. The molecule has 0 unspecified atom stereocenters. The second-order valence-electron chi connectivity index (χ2n) is 2.78. The van der Waals surface area contributed by atoms with Crippen LogP contribution in [0.3, 0.4) is 0 Å². The Morgan fingerprint density at radius 2 is 1.71 bits per heavy atom. The first kappa shape index (κ1) is 12.1. The maximum Gasteiger partial charge on any atom is 0.386 e. The fourth-order valence-electron chi connectivity index (χ4n) is 1.18. The van der Waals surface area contributed by atoms with Gasteiger partial charge in [-0.2, -0.15) is 0 Å². The standard InChI is InChI=1S/C8H17O5P/c1-3-12-14(9,13-4-2)8-10-6-5-7-11-8/h8H,3-7H2,1-2H3. The molecular weight excluding hydrogens is 207 g/mol. The van der Waals surface area contributed by atoms with E-state index in [1.165, 1.54) is 0 Å². The number of hydrogen-bond acceptors (Lipinski definition) is 5. The van der Waals surface area contributed by atoms with Gasteiger partial charge in [-0.05, 0) is 20.3 Å². The van der Waals surface area contributed by atoms with Crippen LogP contribution in [0.4, 0.5) is 0 Å². The van der Waals surface area contributed by atoms with E-state index in [2.05, 4.69) is 0 Å². The van der Waals surface area contributed by atoms with E-state index in [0.717, 1.165) is 6.42 Å². The Bertz CT molecular complexity index is 192. The number of hydrogen-bond donors (Lipinski definition) is 0. The van der Waals surface area contributed by atoms with Crippen LogP contribution < -0.4 is 0 Å². The minimum Gasteiger partial charge on any atom is -0.342 e. The van der Waals surface area contributed by atoms with Crippen molar-refractivity contribution in [3.8, 4) is 0 Å². The molecule has 1 aliphatic rings. The Balaban J connectivity index is 2.59. The maximum atomic E-state index is 12.1. The lowest BCUT2D eigenvalue weighted by Gasteiger charge is -2.28. The van der Waals surface area contributed by atoms with Crippen LogP contribution in [-0.2, 0) is 23.1 Å². The Morgan fingerprint density at radius 1 is 1.21 bits per heavy atom. The summed E-state index contributed by atoms with van der Waals surface area (Å²) in [6, 6.07) is -0.851. The molecule has 0 radical (unpaired) electrons. The summed E-state index contributed by atoms with van der Waals surface area (Å²) in [6.07, 6.45) is 0.814. The fraction of sp³-hybridized carbons (Fsp3) is 1.00. The van der Waals surface area contributed by atoms with Gasteiger partial charge in [-0.25, -0.2) is 0 Å². The lowest BCUT2D eigenvalue weighted by molar-refractivity contribution is -0.142. The highest BCUT2D eigenvalue weighted by Gasteiger charge is 2.39. The van der Waals surface area contributed by atoms with Crippen LogP contribution in [0.15, 0.2) is 0 Å². The second-order valence-corrected chi connectivity index (χ2v) is 4.80. The summed E-state index contributed by atoms with van der Waals surface area (Å²) >= 11 is 0. The molecule has 1 fully saturated rings. The smallest absolute Gasteiger partial charge is 0.342 e. The molecule has 0 aromatic carbocycles. The van der Waals surface area contributed by atoms with Crippen LogP contribution in [0.2, 0.25) is 0 Å². The SMILES string of the molecule is CCOP(=O)(OCC)C1OCCCO1. The molecule has 0 saturated carbocycles. The van der Waals surface area contributed by atoms with E-state index in [4.69, 9.17) is 18.5 Å². The molecule has 6 heteroatoms. The predicted molar refractivity (Wildman–Crippen MR) is 51.2 cm³/mol. The molecule has 0 amide bonds. The summed E-state index contributed by atoms with van der Waals surface area (Å²) in [5.74, 6) is 0. The summed E-state index contributed by atoms with van der Waals surface area (Å²) in [6.45, 7) is 5.23. The molecule has 0 spiro atoms. The van der Waals surface area contributed by atoms with Gasteiger partial charge >= 0.3 is 7.60 Å². The summed E-state index contributed by atoms with van der Waals surface area (Å²) in [5.41, 5.74) is 0. The van der Waals surface area contributed by atoms with Gasteiger partial charge in [0.1, 0.15) is 0 Å². The monoisotopic (exact) mass is 224 g/mol. The van der Waals surface area contributed by atoms with Crippen molar-refractivity contribution in [2.75, 3.05) is 26.4 Å². The number of rotatable bonds is 5. The molecule has 1 aliphatic heterocycles. The second kappa shape index (κ2) is 5.83. The molecule has 1 saturated heterocycles. The first-order valence-corrected chi connectivity index (χ1v) is 6.46. The maximum absolute atomic E-state index is 12.1. The molecule has 0 atom stereocenters. The molecule has 1 rings (SSSR count). The molecule has 0 N–H and O–H groups in total. The molecule has 1 heterocycles. The first-order chi connectivity index (χ1) is 6.73. The summed E-state index contributed by atoms with van der Waals surface area (Å²) in [5, 5.41) is 0. The van der Waals surface area contributed by atoms with E-state index < -0.39 is 13.6 Å². The summed E-state index contributed by atoms with van der Waals surface area (Å²) in [7, 11) is -3.24. The largest absolute Gasteiger partial charge is 0.386 e. The molecular formula is C8H17O5P. The zero-order chi connectivity index (χ0) is 10.4. The minimum absolute atomic E-state index is 0.320. The highest BCUT2D eigenvalue weighted by Crippen LogP contribution is 2.54. The van der Waals surface area contributed by atoms with Gasteiger partial charge < -0.3 is 18.5 Å². The fourth-order valence-corrected chi connectivity index (χ4v) is 2.79. The molecule has 0 bridgehead atoms. The van der Waals surface area contributed by atoms with Crippen molar-refractivity contribution in [3.05, 3.63) is 0 Å². The Kier molecular flexibility index (Phi) is 5.06. The van der Waals surface area contributed by atoms with Gasteiger partial charge in [0.2, 0.25) is 0 Å². The van der Waals surface area contributed by atoms with Crippen molar-refractivity contribution in [3.63, 3.8) is 0 Å². The summed E-state index contributed by atoms with van der Waals surface area (Å²) < 4.78 is 32.7. The van der Waals surface area contributed by atoms with E-state index in [0.29, 0.717) is 26.4 Å². The zero-order valence-electron chi connectivity index (χ0n) is 8.60. The molecule has 14 heavy (non-hydrogen) atoms. The summed E-state index contributed by atoms with van der Waals surface area (Å²) in [4.78, 5) is 0. The molecule has 0 aromatic rings. The van der Waals surface area contributed by atoms with E-state index >= 15 is 0 Å². The van der Waals surface area contributed by atoms with Crippen molar-refractivity contribution in [1.82, 2.24) is 0 Å². The first-order valence-electron chi connectivity index (χ1n) is 4.85. The molecule has 0 aromatic heterocycles. The molecule has 5 nitrogen and oxygen atoms in total. The van der Waals surface area contributed by atoms with Gasteiger partial charge in [0.15, 0.2) is 0 Å². The van der Waals surface area contributed by atoms with E-state index in [1.54, 1.807) is 13.8 Å². The van der Waals surface area contributed by atoms with Gasteiger partial charge in [-0.3, -0.25) is 4.57 Å². The van der Waals surface area contributed by atoms with Gasteiger partial charge in [-0.1, -0.05) is 0 Å².